The van der Waals surface area contributed by atoms with Gasteiger partial charge in [0.15, 0.2) is 0 Å². The zero-order valence-corrected chi connectivity index (χ0v) is 18.7. The first kappa shape index (κ1) is 23.6. The van der Waals surface area contributed by atoms with E-state index in [1.54, 1.807) is 31.3 Å². The molecule has 6 nitrogen and oxygen atoms in total. The summed E-state index contributed by atoms with van der Waals surface area (Å²) in [5.74, 6) is 0.223. The van der Waals surface area contributed by atoms with Crippen LogP contribution in [0.3, 0.4) is 0 Å². The van der Waals surface area contributed by atoms with Crippen molar-refractivity contribution in [1.82, 2.24) is 4.98 Å². The van der Waals surface area contributed by atoms with Crippen LogP contribution in [0.25, 0.3) is 11.1 Å². The molecule has 2 aromatic carbocycles. The molecule has 1 amide bonds. The van der Waals surface area contributed by atoms with Crippen LogP contribution < -0.4 is 15.0 Å². The molecule has 3 aromatic rings. The van der Waals surface area contributed by atoms with Gasteiger partial charge >= 0.3 is 6.36 Å². The summed E-state index contributed by atoms with van der Waals surface area (Å²) >= 11 is 0. The highest BCUT2D eigenvalue weighted by Gasteiger charge is 2.31. The van der Waals surface area contributed by atoms with Crippen LogP contribution >= 0.6 is 0 Å². The van der Waals surface area contributed by atoms with E-state index in [0.29, 0.717) is 29.0 Å². The lowest BCUT2D eigenvalue weighted by Gasteiger charge is -2.32. The van der Waals surface area contributed by atoms with E-state index in [9.17, 15) is 18.0 Å². The van der Waals surface area contributed by atoms with Crippen molar-refractivity contribution in [2.45, 2.75) is 26.3 Å². The number of carbonyl (C=O) groups is 1. The number of pyridine rings is 1. The Kier molecular flexibility index (Phi) is 6.74. The third-order valence-corrected chi connectivity index (χ3v) is 5.55. The molecule has 0 bridgehead atoms. The Hall–Kier alpha value is -3.59. The van der Waals surface area contributed by atoms with Crippen molar-refractivity contribution in [3.63, 3.8) is 0 Å². The summed E-state index contributed by atoms with van der Waals surface area (Å²) in [5.41, 5.74) is 3.14. The van der Waals surface area contributed by atoms with Crippen LogP contribution in [0.15, 0.2) is 60.8 Å². The molecular weight excluding hydrogens is 447 g/mol. The van der Waals surface area contributed by atoms with Crippen molar-refractivity contribution >= 4 is 17.4 Å². The molecule has 0 saturated carbocycles. The summed E-state index contributed by atoms with van der Waals surface area (Å²) in [6.07, 6.45) is -2.99. The first-order chi connectivity index (χ1) is 16.2. The summed E-state index contributed by atoms with van der Waals surface area (Å²) in [6.45, 7) is 5.98. The zero-order valence-electron chi connectivity index (χ0n) is 18.7. The molecule has 0 spiro atoms. The highest BCUT2D eigenvalue weighted by molar-refractivity contribution is 6.06. The Labute approximate surface area is 195 Å². The van der Waals surface area contributed by atoms with Crippen molar-refractivity contribution in [2.75, 3.05) is 29.9 Å². The maximum atomic E-state index is 12.9. The number of carbonyl (C=O) groups excluding carboxylic acids is 1. The Bertz CT molecular complexity index is 1150. The minimum atomic E-state index is -4.75. The normalized spacial score (nSPS) is 16.3. The van der Waals surface area contributed by atoms with Gasteiger partial charge in [0.05, 0.1) is 24.6 Å². The van der Waals surface area contributed by atoms with E-state index in [4.69, 9.17) is 4.74 Å². The van der Waals surface area contributed by atoms with Crippen LogP contribution in [0.1, 0.15) is 22.8 Å². The number of ether oxygens (including phenoxy) is 2. The van der Waals surface area contributed by atoms with E-state index in [-0.39, 0.29) is 17.8 Å². The van der Waals surface area contributed by atoms with Gasteiger partial charge in [0, 0.05) is 18.7 Å². The molecule has 1 aliphatic heterocycles. The standard InChI is InChI=1S/C25H24F3N3O3/c1-16-15-31(12-13-33-16)23-11-8-19(14-29-23)30-24(32)22-5-3-4-21(17(22)2)18-6-9-20(10-7-18)34-25(26,27)28/h3-11,14,16H,12-13,15H2,1-2H3,(H,30,32)/t16-/m0/s1. The van der Waals surface area contributed by atoms with Crippen molar-refractivity contribution in [1.29, 1.82) is 0 Å². The van der Waals surface area contributed by atoms with Gasteiger partial charge < -0.3 is 19.7 Å². The molecule has 1 aromatic heterocycles. The summed E-state index contributed by atoms with van der Waals surface area (Å²) in [7, 11) is 0. The lowest BCUT2D eigenvalue weighted by Crippen LogP contribution is -2.41. The predicted octanol–water partition coefficient (Wildman–Crippen LogP) is 5.43. The van der Waals surface area contributed by atoms with Crippen LogP contribution in [0.2, 0.25) is 0 Å². The Morgan fingerprint density at radius 2 is 1.91 bits per heavy atom. The van der Waals surface area contributed by atoms with E-state index < -0.39 is 6.36 Å². The molecule has 1 aliphatic rings. The number of anilines is 2. The number of nitrogens with zero attached hydrogens (tertiary/aromatic N) is 2. The average Bonchev–Trinajstić information content (AvgIpc) is 2.79. The second kappa shape index (κ2) is 9.72. The quantitative estimate of drug-likeness (QED) is 0.538. The van der Waals surface area contributed by atoms with Gasteiger partial charge in [-0.3, -0.25) is 4.79 Å². The van der Waals surface area contributed by atoms with Gasteiger partial charge in [-0.2, -0.15) is 0 Å². The maximum absolute atomic E-state index is 12.9. The highest BCUT2D eigenvalue weighted by atomic mass is 19.4. The molecule has 0 radical (unpaired) electrons. The van der Waals surface area contributed by atoms with Gasteiger partial charge in [0.1, 0.15) is 11.6 Å². The average molecular weight is 471 g/mol. The number of halogens is 3. The molecular formula is C25H24F3N3O3. The minimum Gasteiger partial charge on any atom is -0.406 e. The largest absolute Gasteiger partial charge is 0.573 e. The van der Waals surface area contributed by atoms with Gasteiger partial charge in [-0.25, -0.2) is 4.98 Å². The highest BCUT2D eigenvalue weighted by Crippen LogP contribution is 2.30. The zero-order chi connectivity index (χ0) is 24.3. The third-order valence-electron chi connectivity index (χ3n) is 5.55. The summed E-state index contributed by atoms with van der Waals surface area (Å²) in [6, 6.07) is 14.5. The molecule has 34 heavy (non-hydrogen) atoms. The summed E-state index contributed by atoms with van der Waals surface area (Å²) < 4.78 is 46.7. The monoisotopic (exact) mass is 471 g/mol. The molecule has 0 aliphatic carbocycles. The number of hydrogen-bond donors (Lipinski definition) is 1. The fraction of sp³-hybridized carbons (Fsp3) is 0.280. The van der Waals surface area contributed by atoms with Crippen LogP contribution in [0.5, 0.6) is 5.75 Å². The van der Waals surface area contributed by atoms with Crippen molar-refractivity contribution in [3.8, 4) is 16.9 Å². The molecule has 178 valence electrons. The van der Waals surface area contributed by atoms with Crippen LogP contribution in [-0.4, -0.2) is 43.1 Å². The number of morpholine rings is 1. The number of rotatable bonds is 5. The summed E-state index contributed by atoms with van der Waals surface area (Å²) in [4.78, 5) is 19.6. The number of alkyl halides is 3. The van der Waals surface area contributed by atoms with E-state index in [2.05, 4.69) is 19.9 Å². The van der Waals surface area contributed by atoms with Crippen molar-refractivity contribution < 1.29 is 27.4 Å². The van der Waals surface area contributed by atoms with Crippen molar-refractivity contribution in [3.05, 3.63) is 71.9 Å². The topological polar surface area (TPSA) is 63.7 Å². The second-order valence-electron chi connectivity index (χ2n) is 8.04. The number of hydrogen-bond acceptors (Lipinski definition) is 5. The smallest absolute Gasteiger partial charge is 0.406 e. The fourth-order valence-corrected chi connectivity index (χ4v) is 3.90. The van der Waals surface area contributed by atoms with E-state index >= 15 is 0 Å². The Balaban J connectivity index is 1.47. The number of amides is 1. The third kappa shape index (κ3) is 5.66. The van der Waals surface area contributed by atoms with E-state index in [0.717, 1.165) is 24.5 Å². The molecule has 2 heterocycles. The van der Waals surface area contributed by atoms with Gasteiger partial charge in [-0.15, -0.1) is 13.2 Å². The molecule has 1 atom stereocenters. The molecule has 1 fully saturated rings. The predicted molar refractivity (Wildman–Crippen MR) is 123 cm³/mol. The molecule has 0 unspecified atom stereocenters. The van der Waals surface area contributed by atoms with E-state index in [1.807, 2.05) is 19.1 Å². The Morgan fingerprint density at radius 3 is 2.56 bits per heavy atom. The van der Waals surface area contributed by atoms with E-state index in [1.165, 1.54) is 24.3 Å². The van der Waals surface area contributed by atoms with Crippen LogP contribution in [0, 0.1) is 6.92 Å². The minimum absolute atomic E-state index is 0.138. The first-order valence-corrected chi connectivity index (χ1v) is 10.8. The Morgan fingerprint density at radius 1 is 1.15 bits per heavy atom. The summed E-state index contributed by atoms with van der Waals surface area (Å²) in [5, 5.41) is 2.86. The molecule has 1 N–H and O–H groups in total. The molecule has 1 saturated heterocycles. The molecule has 4 rings (SSSR count). The second-order valence-corrected chi connectivity index (χ2v) is 8.04. The van der Waals surface area contributed by atoms with Gasteiger partial charge in [-0.1, -0.05) is 24.3 Å². The first-order valence-electron chi connectivity index (χ1n) is 10.8. The van der Waals surface area contributed by atoms with Crippen molar-refractivity contribution in [2.24, 2.45) is 0 Å². The lowest BCUT2D eigenvalue weighted by atomic mass is 9.96. The maximum Gasteiger partial charge on any atom is 0.573 e. The number of benzene rings is 2. The number of aromatic nitrogens is 1. The van der Waals surface area contributed by atoms with Gasteiger partial charge in [0.2, 0.25) is 0 Å². The van der Waals surface area contributed by atoms with Gasteiger partial charge in [0.25, 0.3) is 5.91 Å². The van der Waals surface area contributed by atoms with Crippen LogP contribution in [-0.2, 0) is 4.74 Å². The molecule has 9 heteroatoms. The number of nitrogens with one attached hydrogen (secondary N) is 1. The fourth-order valence-electron chi connectivity index (χ4n) is 3.90. The lowest BCUT2D eigenvalue weighted by molar-refractivity contribution is -0.274. The SMILES string of the molecule is Cc1c(C(=O)Nc2ccc(N3CCO[C@@H](C)C3)nc2)cccc1-c1ccc(OC(F)(F)F)cc1. The van der Waals surface area contributed by atoms with Crippen LogP contribution in [0.4, 0.5) is 24.7 Å². The van der Waals surface area contributed by atoms with Gasteiger partial charge in [-0.05, 0) is 60.9 Å².